The maximum Gasteiger partial charge on any atom is 0.0897 e. The third-order valence-electron chi connectivity index (χ3n) is 4.21. The number of nitrogens with zero attached hydrogens (tertiary/aromatic N) is 2. The lowest BCUT2D eigenvalue weighted by Crippen LogP contribution is -2.61. The van der Waals surface area contributed by atoms with Gasteiger partial charge < -0.3 is 10.1 Å². The first-order chi connectivity index (χ1) is 9.54. The first kappa shape index (κ1) is 15.9. The van der Waals surface area contributed by atoms with Gasteiger partial charge in [0.15, 0.2) is 0 Å². The number of aryl methyl sites for hydroxylation is 1. The minimum Gasteiger partial charge on any atom is -0.379 e. The molecule has 0 aliphatic carbocycles. The standard InChI is InChI=1S/C15H27N3OS/c1-5-16-14(10-13-11-20-12(2)17-13)15(3,4)18-6-8-19-9-7-18/h11,14,16H,5-10H2,1-4H3. The largest absolute Gasteiger partial charge is 0.379 e. The molecule has 1 saturated heterocycles. The zero-order valence-corrected chi connectivity index (χ0v) is 13.9. The molecule has 2 rings (SSSR count). The Morgan fingerprint density at radius 2 is 2.15 bits per heavy atom. The molecular formula is C15H27N3OS. The maximum absolute atomic E-state index is 5.48. The SMILES string of the molecule is CCNC(Cc1csc(C)n1)C(C)(C)N1CCOCC1. The monoisotopic (exact) mass is 297 g/mol. The number of rotatable bonds is 6. The summed E-state index contributed by atoms with van der Waals surface area (Å²) in [4.78, 5) is 7.17. The molecule has 0 radical (unpaired) electrons. The third kappa shape index (κ3) is 3.79. The number of aromatic nitrogens is 1. The summed E-state index contributed by atoms with van der Waals surface area (Å²) in [5.74, 6) is 0. The van der Waals surface area contributed by atoms with Crippen LogP contribution in [0.4, 0.5) is 0 Å². The normalized spacial score (nSPS) is 19.2. The minimum absolute atomic E-state index is 0.108. The second kappa shape index (κ2) is 6.98. The predicted molar refractivity (Wildman–Crippen MR) is 84.5 cm³/mol. The van der Waals surface area contributed by atoms with E-state index in [0.717, 1.165) is 44.3 Å². The molecule has 1 aliphatic heterocycles. The van der Waals surface area contributed by atoms with Crippen LogP contribution in [0.5, 0.6) is 0 Å². The van der Waals surface area contributed by atoms with Crippen LogP contribution >= 0.6 is 11.3 Å². The lowest BCUT2D eigenvalue weighted by atomic mass is 9.88. The van der Waals surface area contributed by atoms with Gasteiger partial charge in [-0.25, -0.2) is 4.98 Å². The quantitative estimate of drug-likeness (QED) is 0.872. The van der Waals surface area contributed by atoms with E-state index in [-0.39, 0.29) is 5.54 Å². The molecule has 1 aromatic heterocycles. The van der Waals surface area contributed by atoms with Crippen LogP contribution in [0, 0.1) is 6.92 Å². The zero-order valence-electron chi connectivity index (χ0n) is 13.1. The topological polar surface area (TPSA) is 37.4 Å². The van der Waals surface area contributed by atoms with E-state index in [2.05, 4.69) is 48.3 Å². The Balaban J connectivity index is 2.08. The van der Waals surface area contributed by atoms with E-state index in [1.165, 1.54) is 5.69 Å². The van der Waals surface area contributed by atoms with Crippen LogP contribution in [0.25, 0.3) is 0 Å². The number of likely N-dealkylation sites (N-methyl/N-ethyl adjacent to an activating group) is 1. The van der Waals surface area contributed by atoms with E-state index in [9.17, 15) is 0 Å². The van der Waals surface area contributed by atoms with Gasteiger partial charge in [-0.2, -0.15) is 0 Å². The highest BCUT2D eigenvalue weighted by Crippen LogP contribution is 2.24. The summed E-state index contributed by atoms with van der Waals surface area (Å²) in [5, 5.41) is 7.00. The van der Waals surface area contributed by atoms with Crippen LogP contribution in [-0.2, 0) is 11.2 Å². The highest BCUT2D eigenvalue weighted by Gasteiger charge is 2.36. The minimum atomic E-state index is 0.108. The molecule has 1 aliphatic rings. The van der Waals surface area contributed by atoms with E-state index in [1.807, 2.05) is 0 Å². The van der Waals surface area contributed by atoms with Gasteiger partial charge in [0.25, 0.3) is 0 Å². The number of ether oxygens (including phenoxy) is 1. The third-order valence-corrected chi connectivity index (χ3v) is 5.03. The number of thiazole rings is 1. The van der Waals surface area contributed by atoms with Gasteiger partial charge in [-0.3, -0.25) is 4.90 Å². The van der Waals surface area contributed by atoms with Crippen LogP contribution in [-0.4, -0.2) is 54.3 Å². The van der Waals surface area contributed by atoms with E-state index in [1.54, 1.807) is 11.3 Å². The average Bonchev–Trinajstić information content (AvgIpc) is 2.85. The van der Waals surface area contributed by atoms with Crippen molar-refractivity contribution in [3.8, 4) is 0 Å². The van der Waals surface area contributed by atoms with Crippen LogP contribution in [0.1, 0.15) is 31.5 Å². The fraction of sp³-hybridized carbons (Fsp3) is 0.800. The summed E-state index contributed by atoms with van der Waals surface area (Å²) in [5.41, 5.74) is 1.32. The first-order valence-electron chi connectivity index (χ1n) is 7.51. The van der Waals surface area contributed by atoms with Crippen molar-refractivity contribution in [1.82, 2.24) is 15.2 Å². The second-order valence-corrected chi connectivity index (χ2v) is 6.99. The van der Waals surface area contributed by atoms with E-state index in [4.69, 9.17) is 4.74 Å². The Kier molecular flexibility index (Phi) is 5.55. The lowest BCUT2D eigenvalue weighted by molar-refractivity contribution is -0.0231. The van der Waals surface area contributed by atoms with Crippen LogP contribution in [0.2, 0.25) is 0 Å². The van der Waals surface area contributed by atoms with Gasteiger partial charge in [-0.05, 0) is 27.3 Å². The molecule has 0 spiro atoms. The van der Waals surface area contributed by atoms with Crippen molar-refractivity contribution in [3.05, 3.63) is 16.1 Å². The second-order valence-electron chi connectivity index (χ2n) is 5.93. The van der Waals surface area contributed by atoms with Gasteiger partial charge in [-0.1, -0.05) is 6.92 Å². The summed E-state index contributed by atoms with van der Waals surface area (Å²) >= 11 is 1.74. The summed E-state index contributed by atoms with van der Waals surface area (Å²) in [6.07, 6.45) is 0.989. The molecule has 0 bridgehead atoms. The Hall–Kier alpha value is -0.490. The van der Waals surface area contributed by atoms with Gasteiger partial charge in [0, 0.05) is 36.5 Å². The van der Waals surface area contributed by atoms with E-state index >= 15 is 0 Å². The predicted octanol–water partition coefficient (Wildman–Crippen LogP) is 2.08. The maximum atomic E-state index is 5.48. The van der Waals surface area contributed by atoms with Crippen molar-refractivity contribution in [2.24, 2.45) is 0 Å². The molecule has 5 heteroatoms. The average molecular weight is 297 g/mol. The molecule has 20 heavy (non-hydrogen) atoms. The van der Waals surface area contributed by atoms with E-state index < -0.39 is 0 Å². The fourth-order valence-electron chi connectivity index (χ4n) is 2.89. The highest BCUT2D eigenvalue weighted by atomic mass is 32.1. The molecule has 114 valence electrons. The van der Waals surface area contributed by atoms with Gasteiger partial charge in [-0.15, -0.1) is 11.3 Å². The molecule has 1 N–H and O–H groups in total. The first-order valence-corrected chi connectivity index (χ1v) is 8.39. The van der Waals surface area contributed by atoms with Crippen molar-refractivity contribution in [2.45, 2.75) is 45.7 Å². The van der Waals surface area contributed by atoms with Crippen molar-refractivity contribution in [2.75, 3.05) is 32.8 Å². The molecule has 1 unspecified atom stereocenters. The van der Waals surface area contributed by atoms with Crippen LogP contribution in [0.15, 0.2) is 5.38 Å². The Morgan fingerprint density at radius 1 is 1.45 bits per heavy atom. The van der Waals surface area contributed by atoms with E-state index in [0.29, 0.717) is 6.04 Å². The van der Waals surface area contributed by atoms with Crippen LogP contribution in [0.3, 0.4) is 0 Å². The molecule has 1 fully saturated rings. The molecule has 2 heterocycles. The number of nitrogens with one attached hydrogen (secondary N) is 1. The van der Waals surface area contributed by atoms with Gasteiger partial charge in [0.05, 0.1) is 23.9 Å². The van der Waals surface area contributed by atoms with Crippen molar-refractivity contribution < 1.29 is 4.74 Å². The van der Waals surface area contributed by atoms with Crippen molar-refractivity contribution in [3.63, 3.8) is 0 Å². The molecule has 0 saturated carbocycles. The van der Waals surface area contributed by atoms with Gasteiger partial charge >= 0.3 is 0 Å². The lowest BCUT2D eigenvalue weighted by Gasteiger charge is -2.46. The molecule has 0 aromatic carbocycles. The Labute approximate surface area is 126 Å². The number of hydrogen-bond acceptors (Lipinski definition) is 5. The van der Waals surface area contributed by atoms with Gasteiger partial charge in [0.2, 0.25) is 0 Å². The molecule has 0 amide bonds. The number of morpholine rings is 1. The summed E-state index contributed by atoms with van der Waals surface area (Å²) in [7, 11) is 0. The highest BCUT2D eigenvalue weighted by molar-refractivity contribution is 7.09. The van der Waals surface area contributed by atoms with Gasteiger partial charge in [0.1, 0.15) is 0 Å². The summed E-state index contributed by atoms with van der Waals surface area (Å²) < 4.78 is 5.48. The zero-order chi connectivity index (χ0) is 14.6. The van der Waals surface area contributed by atoms with Crippen LogP contribution < -0.4 is 5.32 Å². The van der Waals surface area contributed by atoms with Crippen molar-refractivity contribution >= 4 is 11.3 Å². The molecule has 4 nitrogen and oxygen atoms in total. The molecular weight excluding hydrogens is 270 g/mol. The van der Waals surface area contributed by atoms with Crippen molar-refractivity contribution in [1.29, 1.82) is 0 Å². The number of hydrogen-bond donors (Lipinski definition) is 1. The fourth-order valence-corrected chi connectivity index (χ4v) is 3.51. The summed E-state index contributed by atoms with van der Waals surface area (Å²) in [6, 6.07) is 0.409. The summed E-state index contributed by atoms with van der Waals surface area (Å²) in [6.45, 7) is 13.6. The Morgan fingerprint density at radius 3 is 2.70 bits per heavy atom. The molecule has 1 atom stereocenters. The smallest absolute Gasteiger partial charge is 0.0897 e. The Bertz CT molecular complexity index is 413. The molecule has 1 aromatic rings.